The molecule has 0 bridgehead atoms. The first-order valence-corrected chi connectivity index (χ1v) is 9.28. The summed E-state index contributed by atoms with van der Waals surface area (Å²) in [5.41, 5.74) is 4.30. The molecule has 0 radical (unpaired) electrons. The molecule has 2 rings (SSSR count). The normalized spacial score (nSPS) is 11.3. The fourth-order valence-corrected chi connectivity index (χ4v) is 3.36. The fraction of sp³-hybridized carbons (Fsp3) is 0.389. The second-order valence-corrected chi connectivity index (χ2v) is 8.59. The fourth-order valence-electron chi connectivity index (χ4n) is 2.74. The zero-order valence-corrected chi connectivity index (χ0v) is 16.8. The first-order chi connectivity index (χ1) is 11.2. The quantitative estimate of drug-likeness (QED) is 0.763. The van der Waals surface area contributed by atoms with E-state index in [-0.39, 0.29) is 29.2 Å². The molecule has 0 fully saturated rings. The highest BCUT2D eigenvalue weighted by molar-refractivity contribution is 7.37. The molecule has 2 unspecified atom stereocenters. The lowest BCUT2D eigenvalue weighted by Crippen LogP contribution is -2.31. The number of aryl methyl sites for hydroxylation is 1. The molecule has 2 atom stereocenters. The third kappa shape index (κ3) is 3.99. The average Bonchev–Trinajstić information content (AvgIpc) is 2.47. The Balaban J connectivity index is 2.88. The van der Waals surface area contributed by atoms with Crippen LogP contribution in [0.3, 0.4) is 0 Å². The van der Waals surface area contributed by atoms with Gasteiger partial charge in [0.15, 0.2) is 5.78 Å². The summed E-state index contributed by atoms with van der Waals surface area (Å²) in [6.07, 6.45) is 0. The van der Waals surface area contributed by atoms with Gasteiger partial charge in [-0.25, -0.2) is 4.68 Å². The van der Waals surface area contributed by atoms with Crippen LogP contribution >= 0.6 is 18.5 Å². The molecular formula is C18H24N2O2P2. The molecule has 0 saturated heterocycles. The molecule has 0 aliphatic heterocycles. The number of rotatable bonds is 5. The van der Waals surface area contributed by atoms with Crippen molar-refractivity contribution in [2.75, 3.05) is 0 Å². The van der Waals surface area contributed by atoms with Crippen molar-refractivity contribution in [2.45, 2.75) is 45.6 Å². The Morgan fingerprint density at radius 1 is 1.29 bits per heavy atom. The van der Waals surface area contributed by atoms with Crippen molar-refractivity contribution in [2.24, 2.45) is 0 Å². The molecule has 1 heterocycles. The van der Waals surface area contributed by atoms with Crippen LogP contribution in [0.5, 0.6) is 0 Å². The van der Waals surface area contributed by atoms with E-state index in [2.05, 4.69) is 43.5 Å². The molecule has 0 aliphatic rings. The van der Waals surface area contributed by atoms with Crippen LogP contribution in [0.1, 0.15) is 48.9 Å². The van der Waals surface area contributed by atoms with Crippen molar-refractivity contribution in [3.05, 3.63) is 51.4 Å². The molecule has 6 heteroatoms. The van der Waals surface area contributed by atoms with Gasteiger partial charge >= 0.3 is 0 Å². The summed E-state index contributed by atoms with van der Waals surface area (Å²) in [7, 11) is 5.32. The molecule has 1 aromatic heterocycles. The van der Waals surface area contributed by atoms with Gasteiger partial charge in [-0.2, -0.15) is 5.10 Å². The monoisotopic (exact) mass is 362 g/mol. The molecule has 0 N–H and O–H groups in total. The van der Waals surface area contributed by atoms with Crippen LogP contribution in [0.2, 0.25) is 0 Å². The van der Waals surface area contributed by atoms with Gasteiger partial charge in [0.25, 0.3) is 5.56 Å². The van der Waals surface area contributed by atoms with E-state index in [0.29, 0.717) is 5.56 Å². The summed E-state index contributed by atoms with van der Waals surface area (Å²) in [4.78, 5) is 24.4. The van der Waals surface area contributed by atoms with Gasteiger partial charge in [-0.3, -0.25) is 9.59 Å². The third-order valence-corrected chi connectivity index (χ3v) is 4.44. The van der Waals surface area contributed by atoms with Crippen LogP contribution < -0.4 is 5.56 Å². The van der Waals surface area contributed by atoms with Crippen LogP contribution in [0.4, 0.5) is 0 Å². The van der Waals surface area contributed by atoms with Gasteiger partial charge in [-0.1, -0.05) is 43.7 Å². The van der Waals surface area contributed by atoms with Gasteiger partial charge in [-0.15, -0.1) is 18.5 Å². The minimum Gasteiger partial charge on any atom is -0.298 e. The number of carbonyl (C=O) groups excluding carboxylic acids is 1. The van der Waals surface area contributed by atoms with E-state index in [4.69, 9.17) is 0 Å². The first-order valence-electron chi connectivity index (χ1n) is 7.95. The van der Waals surface area contributed by atoms with E-state index < -0.39 is 0 Å². The molecule has 1 aromatic carbocycles. The van der Waals surface area contributed by atoms with E-state index in [1.807, 2.05) is 25.1 Å². The first kappa shape index (κ1) is 19.0. The second-order valence-electron chi connectivity index (χ2n) is 6.39. The van der Waals surface area contributed by atoms with Crippen molar-refractivity contribution in [1.82, 2.24) is 9.78 Å². The topological polar surface area (TPSA) is 52.0 Å². The zero-order valence-electron chi connectivity index (χ0n) is 14.5. The molecule has 0 amide bonds. The molecule has 2 aromatic rings. The predicted octanol–water partition coefficient (Wildman–Crippen LogP) is 3.68. The highest BCUT2D eigenvalue weighted by Gasteiger charge is 2.23. The van der Waals surface area contributed by atoms with Gasteiger partial charge in [0.2, 0.25) is 0 Å². The Bertz CT molecular complexity index is 826. The summed E-state index contributed by atoms with van der Waals surface area (Å²) in [5, 5.41) is 4.41. The predicted molar refractivity (Wildman–Crippen MR) is 106 cm³/mol. The van der Waals surface area contributed by atoms with E-state index in [1.165, 1.54) is 11.6 Å². The summed E-state index contributed by atoms with van der Waals surface area (Å²) >= 11 is 0. The second kappa shape index (κ2) is 7.68. The highest BCUT2D eigenvalue weighted by Crippen LogP contribution is 2.38. The Morgan fingerprint density at radius 2 is 1.96 bits per heavy atom. The van der Waals surface area contributed by atoms with Crippen molar-refractivity contribution in [3.63, 3.8) is 0 Å². The molecule has 128 valence electrons. The Kier molecular flexibility index (Phi) is 6.06. The number of aromatic nitrogens is 2. The third-order valence-electron chi connectivity index (χ3n) is 3.78. The Morgan fingerprint density at radius 3 is 2.46 bits per heavy atom. The zero-order chi connectivity index (χ0) is 18.0. The van der Waals surface area contributed by atoms with Crippen LogP contribution in [0.25, 0.3) is 11.1 Å². The van der Waals surface area contributed by atoms with E-state index in [9.17, 15) is 9.59 Å². The maximum Gasteiger partial charge on any atom is 0.271 e. The number of hydrogen-bond donors (Lipinski definition) is 0. The van der Waals surface area contributed by atoms with Gasteiger partial charge in [0.05, 0.1) is 5.69 Å². The van der Waals surface area contributed by atoms with E-state index >= 15 is 0 Å². The van der Waals surface area contributed by atoms with Crippen LogP contribution in [-0.4, -0.2) is 15.6 Å². The SMILES string of the molecule is CC(=O)Cn1nc(C(C)C)c(-c2cccc(C)c2)c(C(P)P)c1=O. The molecule has 0 saturated carbocycles. The van der Waals surface area contributed by atoms with Crippen LogP contribution in [-0.2, 0) is 11.3 Å². The maximum absolute atomic E-state index is 12.9. The van der Waals surface area contributed by atoms with Crippen LogP contribution in [0.15, 0.2) is 29.1 Å². The smallest absolute Gasteiger partial charge is 0.271 e. The van der Waals surface area contributed by atoms with Gasteiger partial charge in [-0.05, 0) is 25.3 Å². The molecule has 0 spiro atoms. The van der Waals surface area contributed by atoms with E-state index in [1.54, 1.807) is 0 Å². The van der Waals surface area contributed by atoms with E-state index in [0.717, 1.165) is 22.4 Å². The van der Waals surface area contributed by atoms with Gasteiger partial charge in [0, 0.05) is 16.5 Å². The van der Waals surface area contributed by atoms with Crippen molar-refractivity contribution >= 4 is 24.3 Å². The minimum atomic E-state index is -0.207. The minimum absolute atomic E-state index is 0.00169. The standard InChI is InChI=1S/C18H24N2O2P2/c1-10(2)16-14(13-7-5-6-11(3)8-13)15(18(23)24)17(22)20(19-16)9-12(4)21/h5-8,10,18H,9,23-24H2,1-4H3. The van der Waals surface area contributed by atoms with Crippen LogP contribution in [0, 0.1) is 6.92 Å². The number of nitrogens with zero attached hydrogens (tertiary/aromatic N) is 2. The number of carbonyl (C=O) groups is 1. The van der Waals surface area contributed by atoms with Gasteiger partial charge in [0.1, 0.15) is 6.54 Å². The highest BCUT2D eigenvalue weighted by atomic mass is 31.1. The lowest BCUT2D eigenvalue weighted by molar-refractivity contribution is -0.117. The summed E-state index contributed by atoms with van der Waals surface area (Å²) in [5.74, 6) is 0.0458. The Hall–Kier alpha value is -1.37. The Labute approximate surface area is 147 Å². The number of benzene rings is 1. The number of hydrogen-bond acceptors (Lipinski definition) is 3. The van der Waals surface area contributed by atoms with Crippen molar-refractivity contribution < 1.29 is 4.79 Å². The van der Waals surface area contributed by atoms with Gasteiger partial charge < -0.3 is 0 Å². The summed E-state index contributed by atoms with van der Waals surface area (Å²) in [6, 6.07) is 8.09. The number of ketones is 1. The molecule has 24 heavy (non-hydrogen) atoms. The maximum atomic E-state index is 12.9. The molecule has 0 aliphatic carbocycles. The summed E-state index contributed by atoms with van der Waals surface area (Å²) < 4.78 is 1.30. The lowest BCUT2D eigenvalue weighted by Gasteiger charge is -2.20. The number of Topliss-reactive ketones (excluding diaryl/α,β-unsaturated/α-hetero) is 1. The van der Waals surface area contributed by atoms with Crippen molar-refractivity contribution in [1.29, 1.82) is 0 Å². The summed E-state index contributed by atoms with van der Waals surface area (Å²) in [6.45, 7) is 7.60. The lowest BCUT2D eigenvalue weighted by atomic mass is 9.93. The largest absolute Gasteiger partial charge is 0.298 e. The average molecular weight is 362 g/mol. The molecular weight excluding hydrogens is 338 g/mol. The van der Waals surface area contributed by atoms with Crippen molar-refractivity contribution in [3.8, 4) is 11.1 Å². The molecule has 4 nitrogen and oxygen atoms in total.